The summed E-state index contributed by atoms with van der Waals surface area (Å²) < 4.78 is 0. The van der Waals surface area contributed by atoms with Crippen molar-refractivity contribution < 1.29 is 19.6 Å². The molecule has 2 aromatic carbocycles. The van der Waals surface area contributed by atoms with E-state index in [1.165, 1.54) is 19.1 Å². The van der Waals surface area contributed by atoms with Gasteiger partial charge < -0.3 is 20.0 Å². The van der Waals surface area contributed by atoms with Crippen LogP contribution in [0, 0.1) is 0 Å². The van der Waals surface area contributed by atoms with E-state index >= 15 is 0 Å². The van der Waals surface area contributed by atoms with Gasteiger partial charge in [-0.05, 0) is 54.7 Å². The lowest BCUT2D eigenvalue weighted by Gasteiger charge is -2.04. The van der Waals surface area contributed by atoms with E-state index in [0.29, 0.717) is 11.0 Å². The molecule has 40 heavy (non-hydrogen) atoms. The first kappa shape index (κ1) is 28.4. The van der Waals surface area contributed by atoms with Crippen LogP contribution >= 0.6 is 11.6 Å². The number of hydrogen-bond donors (Lipinski definition) is 4. The molecule has 0 radical (unpaired) electrons. The lowest BCUT2D eigenvalue weighted by Crippen LogP contribution is -2.29. The van der Waals surface area contributed by atoms with E-state index in [4.69, 9.17) is 21.6 Å². The van der Waals surface area contributed by atoms with Crippen molar-refractivity contribution in [3.63, 3.8) is 0 Å². The van der Waals surface area contributed by atoms with Gasteiger partial charge in [-0.25, -0.2) is 9.97 Å². The monoisotopic (exact) mass is 552 g/mol. The van der Waals surface area contributed by atoms with E-state index < -0.39 is 7.12 Å². The molecule has 0 aliphatic heterocycles. The van der Waals surface area contributed by atoms with Crippen molar-refractivity contribution in [3.8, 4) is 11.1 Å². The fraction of sp³-hybridized carbons (Fsp3) is 0.0667. The minimum absolute atomic E-state index is 0.0334. The average Bonchev–Trinajstić information content (AvgIpc) is 3.64. The lowest BCUT2D eigenvalue weighted by atomic mass is 9.80. The number of Topliss-reactive ketones (excluding diaryl/α,β-unsaturated/α-hetero) is 2. The Bertz CT molecular complexity index is 1750. The number of nitrogens with zero attached hydrogens (tertiary/aromatic N) is 2. The molecule has 0 aliphatic carbocycles. The number of pyridine rings is 2. The number of aromatic amines is 2. The summed E-state index contributed by atoms with van der Waals surface area (Å²) in [4.78, 5) is 36.4. The van der Waals surface area contributed by atoms with Crippen LogP contribution in [0.4, 0.5) is 0 Å². The van der Waals surface area contributed by atoms with Gasteiger partial charge in [-0.1, -0.05) is 60.1 Å². The summed E-state index contributed by atoms with van der Waals surface area (Å²) in [5.41, 5.74) is 5.62. The molecule has 0 amide bonds. The fourth-order valence-corrected chi connectivity index (χ4v) is 4.12. The Labute approximate surface area is 235 Å². The molecule has 6 aromatic rings. The highest BCUT2D eigenvalue weighted by Crippen LogP contribution is 2.27. The van der Waals surface area contributed by atoms with Gasteiger partial charge in [0.15, 0.2) is 11.6 Å². The number of carbonyl (C=O) groups is 2. The zero-order chi connectivity index (χ0) is 28.6. The minimum atomic E-state index is -1.47. The second-order valence-electron chi connectivity index (χ2n) is 8.82. The molecule has 0 bridgehead atoms. The Balaban J connectivity index is 0.000000147. The van der Waals surface area contributed by atoms with Gasteiger partial charge in [-0.15, -0.1) is 0 Å². The number of halogens is 1. The van der Waals surface area contributed by atoms with E-state index in [2.05, 4.69) is 19.9 Å². The number of fused-ring (bicyclic) bond motifs is 2. The van der Waals surface area contributed by atoms with Crippen LogP contribution in [0.3, 0.4) is 0 Å². The molecular weight excluding hydrogens is 527 g/mol. The highest BCUT2D eigenvalue weighted by atomic mass is 35.5. The van der Waals surface area contributed by atoms with Gasteiger partial charge in [-0.2, -0.15) is 0 Å². The van der Waals surface area contributed by atoms with Crippen molar-refractivity contribution in [3.05, 3.63) is 114 Å². The van der Waals surface area contributed by atoms with Crippen LogP contribution in [0.1, 0.15) is 34.6 Å². The molecule has 0 fully saturated rings. The number of rotatable bonds is 4. The van der Waals surface area contributed by atoms with Gasteiger partial charge >= 0.3 is 7.12 Å². The van der Waals surface area contributed by atoms with Crippen LogP contribution in [0.5, 0.6) is 0 Å². The Kier molecular flexibility index (Phi) is 9.24. The average molecular weight is 553 g/mol. The predicted octanol–water partition coefficient (Wildman–Crippen LogP) is 5.22. The maximum atomic E-state index is 11.2. The third-order valence-corrected chi connectivity index (χ3v) is 6.41. The zero-order valence-corrected chi connectivity index (χ0v) is 22.6. The molecule has 0 spiro atoms. The molecule has 6 rings (SSSR count). The first-order chi connectivity index (χ1) is 19.2. The van der Waals surface area contributed by atoms with Gasteiger partial charge in [-0.3, -0.25) is 9.59 Å². The van der Waals surface area contributed by atoms with Crippen molar-refractivity contribution >= 4 is 57.8 Å². The summed E-state index contributed by atoms with van der Waals surface area (Å²) >= 11 is 5.84. The van der Waals surface area contributed by atoms with Gasteiger partial charge in [0.2, 0.25) is 0 Å². The second kappa shape index (κ2) is 13.0. The van der Waals surface area contributed by atoms with E-state index in [9.17, 15) is 9.59 Å². The van der Waals surface area contributed by atoms with Gasteiger partial charge in [0.25, 0.3) is 0 Å². The van der Waals surface area contributed by atoms with Crippen LogP contribution in [0.15, 0.2) is 97.6 Å². The first-order valence-corrected chi connectivity index (χ1v) is 12.7. The number of ketones is 2. The molecule has 200 valence electrons. The zero-order valence-electron chi connectivity index (χ0n) is 21.8. The summed E-state index contributed by atoms with van der Waals surface area (Å²) in [5, 5.41) is 20.3. The highest BCUT2D eigenvalue weighted by molar-refractivity contribution is 6.58. The topological polar surface area (TPSA) is 132 Å². The second-order valence-corrected chi connectivity index (χ2v) is 9.22. The summed E-state index contributed by atoms with van der Waals surface area (Å²) in [6, 6.07) is 21.5. The Morgan fingerprint density at radius 3 is 1.73 bits per heavy atom. The minimum Gasteiger partial charge on any atom is -0.423 e. The number of carbonyl (C=O) groups excluding carboxylic acids is 2. The number of nitrogens with one attached hydrogen (secondary N) is 2. The van der Waals surface area contributed by atoms with E-state index in [0.717, 1.165) is 43.8 Å². The lowest BCUT2D eigenvalue weighted by molar-refractivity contribution is 0.100. The normalized spacial score (nSPS) is 10.3. The third kappa shape index (κ3) is 6.89. The van der Waals surface area contributed by atoms with Crippen LogP contribution in [-0.4, -0.2) is 48.7 Å². The number of aromatic nitrogens is 4. The van der Waals surface area contributed by atoms with Crippen molar-refractivity contribution in [2.45, 2.75) is 13.8 Å². The van der Waals surface area contributed by atoms with Crippen LogP contribution < -0.4 is 5.46 Å². The quantitative estimate of drug-likeness (QED) is 0.175. The number of H-pyrrole nitrogens is 2. The fourth-order valence-electron chi connectivity index (χ4n) is 3.91. The number of benzene rings is 2. The molecule has 0 aliphatic rings. The van der Waals surface area contributed by atoms with E-state index in [1.54, 1.807) is 37.5 Å². The van der Waals surface area contributed by atoms with Crippen LogP contribution in [0.2, 0.25) is 5.02 Å². The molecule has 0 unspecified atom stereocenters. The molecule has 4 N–H and O–H groups in total. The first-order valence-electron chi connectivity index (χ1n) is 12.3. The molecule has 8 nitrogen and oxygen atoms in total. The Morgan fingerprint density at radius 2 is 1.20 bits per heavy atom. The molecule has 4 heterocycles. The van der Waals surface area contributed by atoms with Crippen LogP contribution in [-0.2, 0) is 0 Å². The van der Waals surface area contributed by atoms with Gasteiger partial charge in [0.1, 0.15) is 11.3 Å². The van der Waals surface area contributed by atoms with Crippen molar-refractivity contribution in [1.82, 2.24) is 19.9 Å². The predicted molar refractivity (Wildman–Crippen MR) is 159 cm³/mol. The SMILES string of the molecule is CC(=O)c1ccc(-c2ccnc3[nH]ccc23)cc1.CC(=O)c1ccc(B(O)O)cc1.Clc1ccnc2[nH]ccc12. The van der Waals surface area contributed by atoms with Gasteiger partial charge in [0.05, 0.1) is 5.02 Å². The van der Waals surface area contributed by atoms with Crippen molar-refractivity contribution in [2.24, 2.45) is 0 Å². The number of hydrogen-bond acceptors (Lipinski definition) is 6. The van der Waals surface area contributed by atoms with E-state index in [-0.39, 0.29) is 11.6 Å². The Morgan fingerprint density at radius 1 is 0.700 bits per heavy atom. The third-order valence-electron chi connectivity index (χ3n) is 6.08. The maximum absolute atomic E-state index is 11.2. The molecule has 10 heteroatoms. The van der Waals surface area contributed by atoms with E-state index in [1.807, 2.05) is 54.9 Å². The standard InChI is InChI=1S/C15H12N2O.C8H9BO3.C7H5ClN2/c1-10(18)11-2-4-12(5-3-11)13-6-8-16-15-14(13)7-9-17-15;1-6(10)7-2-4-8(5-3-7)9(11)12;8-6-2-4-10-7-5(6)1-3-9-7/h2-9H,1H3,(H,16,17);2-5,11-12H,1H3;1-4H,(H,9,10). The van der Waals surface area contributed by atoms with Crippen molar-refractivity contribution in [2.75, 3.05) is 0 Å². The molecule has 0 atom stereocenters. The summed E-state index contributed by atoms with van der Waals surface area (Å²) in [7, 11) is -1.47. The Hall–Kier alpha value is -4.57. The van der Waals surface area contributed by atoms with Crippen LogP contribution in [0.25, 0.3) is 33.2 Å². The molecule has 4 aromatic heterocycles. The largest absolute Gasteiger partial charge is 0.488 e. The molecular formula is C30H26BClN4O4. The van der Waals surface area contributed by atoms with Gasteiger partial charge in [0, 0.05) is 46.7 Å². The summed E-state index contributed by atoms with van der Waals surface area (Å²) in [6.07, 6.45) is 7.17. The smallest absolute Gasteiger partial charge is 0.423 e. The summed E-state index contributed by atoms with van der Waals surface area (Å²) in [6.45, 7) is 3.04. The summed E-state index contributed by atoms with van der Waals surface area (Å²) in [5.74, 6) is 0.0528. The maximum Gasteiger partial charge on any atom is 0.488 e. The van der Waals surface area contributed by atoms with Crippen molar-refractivity contribution in [1.29, 1.82) is 0 Å². The highest BCUT2D eigenvalue weighted by Gasteiger charge is 2.10. The molecule has 0 saturated carbocycles. The molecule has 0 saturated heterocycles.